The summed E-state index contributed by atoms with van der Waals surface area (Å²) < 4.78 is 35.9. The van der Waals surface area contributed by atoms with Gasteiger partial charge in [-0.3, -0.25) is 4.79 Å². The molecule has 8 aliphatic rings. The smallest absolute Gasteiger partial charge is 0.310 e. The van der Waals surface area contributed by atoms with Crippen LogP contribution in [0.15, 0.2) is 11.6 Å². The van der Waals surface area contributed by atoms with Crippen molar-refractivity contribution in [1.29, 1.82) is 0 Å². The second kappa shape index (κ2) is 18.1. The maximum atomic E-state index is 13.1. The van der Waals surface area contributed by atoms with Crippen molar-refractivity contribution in [2.45, 2.75) is 204 Å². The van der Waals surface area contributed by atoms with E-state index in [0.29, 0.717) is 25.2 Å². The van der Waals surface area contributed by atoms with Gasteiger partial charge in [0.05, 0.1) is 31.3 Å². The first kappa shape index (κ1) is 50.0. The first-order valence-electron chi connectivity index (χ1n) is 24.0. The highest BCUT2D eigenvalue weighted by atomic mass is 16.8. The van der Waals surface area contributed by atoms with Crippen molar-refractivity contribution in [3.05, 3.63) is 11.6 Å². The molecule has 7 fully saturated rings. The van der Waals surface area contributed by atoms with E-state index < -0.39 is 129 Å². The summed E-state index contributed by atoms with van der Waals surface area (Å²) in [6.07, 6.45) is -14.3. The Bertz CT molecular complexity index is 1750. The summed E-state index contributed by atoms with van der Waals surface area (Å²) in [5.74, 6) is -0.0900. The largest absolute Gasteiger partial charge is 0.481 e. The predicted octanol–water partition coefficient (Wildman–Crippen LogP) is 0.316. The lowest BCUT2D eigenvalue weighted by molar-refractivity contribution is -0.389. The van der Waals surface area contributed by atoms with Gasteiger partial charge in [-0.2, -0.15) is 0 Å². The molecule has 0 aromatic heterocycles. The lowest BCUT2D eigenvalue weighted by Gasteiger charge is -2.70. The molecule has 0 amide bonds. The second-order valence-corrected chi connectivity index (χ2v) is 22.6. The molecule has 0 aromatic carbocycles. The monoisotopic (exact) mass is 929 g/mol. The number of rotatable bonds is 10. The number of carboxylic acids is 1. The third-order valence-corrected chi connectivity index (χ3v) is 19.0. The fourth-order valence-corrected chi connectivity index (χ4v) is 14.7. The van der Waals surface area contributed by atoms with Gasteiger partial charge in [0.15, 0.2) is 18.9 Å². The van der Waals surface area contributed by atoms with Gasteiger partial charge in [-0.1, -0.05) is 53.2 Å². The molecule has 0 spiro atoms. The van der Waals surface area contributed by atoms with Gasteiger partial charge in [-0.05, 0) is 110 Å². The van der Waals surface area contributed by atoms with Crippen LogP contribution < -0.4 is 0 Å². The van der Waals surface area contributed by atoms with E-state index in [2.05, 4.69) is 47.6 Å². The van der Waals surface area contributed by atoms with Gasteiger partial charge in [-0.25, -0.2) is 0 Å². The lowest BCUT2D eigenvalue weighted by atomic mass is 9.34. The first-order valence-corrected chi connectivity index (χ1v) is 24.0. The number of aliphatic hydroxyl groups is 10. The first-order chi connectivity index (χ1) is 30.5. The zero-order chi connectivity index (χ0) is 47.3. The minimum atomic E-state index is -1.93. The molecular formula is C47H76O18. The number of hydrogen-bond acceptors (Lipinski definition) is 17. The summed E-state index contributed by atoms with van der Waals surface area (Å²) in [5.41, 5.74) is 0.437. The number of fused-ring (bicyclic) bond motifs is 7. The van der Waals surface area contributed by atoms with Crippen LogP contribution in [0.25, 0.3) is 0 Å². The molecule has 11 N–H and O–H groups in total. The Morgan fingerprint density at radius 3 is 1.83 bits per heavy atom. The van der Waals surface area contributed by atoms with Crippen LogP contribution in [-0.2, 0) is 33.2 Å². The fraction of sp³-hybridized carbons (Fsp3) is 0.936. The Hall–Kier alpha value is -1.43. The van der Waals surface area contributed by atoms with Gasteiger partial charge < -0.3 is 84.6 Å². The third kappa shape index (κ3) is 7.98. The van der Waals surface area contributed by atoms with E-state index in [0.717, 1.165) is 44.9 Å². The molecule has 3 saturated heterocycles. The number of carbonyl (C=O) groups is 1. The van der Waals surface area contributed by atoms with E-state index in [4.69, 9.17) is 28.4 Å². The SMILES string of the molecule is C[C@@H]1[C@@H](O[C@@H]2O[C@H](CO)[C@@H](O)[C@H](O)[C@H]2O[C@@H]2O[C@H](CO)[C@@H](O[C@@H]3O[C@H](CO)[C@@H](O)[C@H](O)[C@H]3O)[C@H](O)[C@H]2O)CC[C@]2(C)[C@H]3CC=C4[C@@H]5CC(C)(C)CC[C@]5(C(=O)O)CC[C@@]4(C)[C@]3(C)CC[C@@H]12. The lowest BCUT2D eigenvalue weighted by Crippen LogP contribution is -2.67. The molecule has 4 saturated carbocycles. The van der Waals surface area contributed by atoms with Crippen molar-refractivity contribution >= 4 is 5.97 Å². The molecule has 3 heterocycles. The van der Waals surface area contributed by atoms with Gasteiger partial charge in [-0.15, -0.1) is 0 Å². The summed E-state index contributed by atoms with van der Waals surface area (Å²) in [5, 5.41) is 117. The average molecular weight is 929 g/mol. The van der Waals surface area contributed by atoms with Crippen LogP contribution in [0.4, 0.5) is 0 Å². The van der Waals surface area contributed by atoms with Crippen LogP contribution >= 0.6 is 0 Å². The van der Waals surface area contributed by atoms with E-state index >= 15 is 0 Å². The maximum absolute atomic E-state index is 13.1. The Labute approximate surface area is 380 Å². The number of aliphatic carboxylic acids is 1. The van der Waals surface area contributed by atoms with Crippen LogP contribution in [0.3, 0.4) is 0 Å². The van der Waals surface area contributed by atoms with Crippen LogP contribution in [0.5, 0.6) is 0 Å². The number of allylic oxidation sites excluding steroid dienone is 2. The summed E-state index contributed by atoms with van der Waals surface area (Å²) in [6.45, 7) is 11.8. The molecule has 24 atom stereocenters. The van der Waals surface area contributed by atoms with Crippen molar-refractivity contribution in [2.75, 3.05) is 19.8 Å². The topological polar surface area (TPSA) is 295 Å². The summed E-state index contributed by atoms with van der Waals surface area (Å²) in [6, 6.07) is 0. The predicted molar refractivity (Wildman–Crippen MR) is 226 cm³/mol. The van der Waals surface area contributed by atoms with Crippen molar-refractivity contribution in [2.24, 2.45) is 50.7 Å². The summed E-state index contributed by atoms with van der Waals surface area (Å²) >= 11 is 0. The Kier molecular flexibility index (Phi) is 13.9. The molecule has 18 heteroatoms. The minimum absolute atomic E-state index is 0.0140. The zero-order valence-electron chi connectivity index (χ0n) is 38.6. The van der Waals surface area contributed by atoms with Crippen molar-refractivity contribution in [3.63, 3.8) is 0 Å². The van der Waals surface area contributed by atoms with E-state index in [-0.39, 0.29) is 39.4 Å². The molecule has 3 aliphatic heterocycles. The molecule has 65 heavy (non-hydrogen) atoms. The third-order valence-electron chi connectivity index (χ3n) is 19.0. The van der Waals surface area contributed by atoms with E-state index in [9.17, 15) is 61.0 Å². The highest BCUT2D eigenvalue weighted by Crippen LogP contribution is 2.75. The normalized spacial score (nSPS) is 54.3. The average Bonchev–Trinajstić information content (AvgIpc) is 3.26. The van der Waals surface area contributed by atoms with E-state index in [1.807, 2.05) is 0 Å². The van der Waals surface area contributed by atoms with Crippen LogP contribution in [-0.4, -0.2) is 180 Å². The van der Waals surface area contributed by atoms with Crippen molar-refractivity contribution in [3.8, 4) is 0 Å². The van der Waals surface area contributed by atoms with Crippen LogP contribution in [0.2, 0.25) is 0 Å². The summed E-state index contributed by atoms with van der Waals surface area (Å²) in [7, 11) is 0. The molecule has 0 radical (unpaired) electrons. The number of aliphatic hydroxyl groups excluding tert-OH is 10. The molecular weight excluding hydrogens is 852 g/mol. The minimum Gasteiger partial charge on any atom is -0.481 e. The van der Waals surface area contributed by atoms with Crippen molar-refractivity contribution in [1.82, 2.24) is 0 Å². The molecule has 0 bridgehead atoms. The Balaban J connectivity index is 0.988. The molecule has 5 aliphatic carbocycles. The quantitative estimate of drug-likeness (QED) is 0.104. The number of hydrogen-bond donors (Lipinski definition) is 11. The van der Waals surface area contributed by atoms with Gasteiger partial charge in [0, 0.05) is 0 Å². The van der Waals surface area contributed by atoms with Gasteiger partial charge in [0.1, 0.15) is 73.2 Å². The van der Waals surface area contributed by atoms with Gasteiger partial charge >= 0.3 is 5.97 Å². The number of ether oxygens (including phenoxy) is 6. The van der Waals surface area contributed by atoms with E-state index in [1.54, 1.807) is 0 Å². The van der Waals surface area contributed by atoms with Crippen LogP contribution in [0.1, 0.15) is 106 Å². The van der Waals surface area contributed by atoms with Gasteiger partial charge in [0.2, 0.25) is 0 Å². The Morgan fingerprint density at radius 1 is 0.646 bits per heavy atom. The molecule has 372 valence electrons. The van der Waals surface area contributed by atoms with Gasteiger partial charge in [0.25, 0.3) is 0 Å². The number of carboxylic acid groups (broad SMARTS) is 1. The fourth-order valence-electron chi connectivity index (χ4n) is 14.7. The highest BCUT2D eigenvalue weighted by Gasteiger charge is 2.68. The highest BCUT2D eigenvalue weighted by molar-refractivity contribution is 5.76. The Morgan fingerprint density at radius 2 is 1.20 bits per heavy atom. The van der Waals surface area contributed by atoms with E-state index in [1.165, 1.54) is 5.57 Å². The van der Waals surface area contributed by atoms with Crippen molar-refractivity contribution < 1.29 is 89.4 Å². The molecule has 0 unspecified atom stereocenters. The second-order valence-electron chi connectivity index (χ2n) is 22.6. The molecule has 8 rings (SSSR count). The standard InChI is InChI=1S/C47H76O18/c1-21-22-9-12-46(6)29(8-7-23-24-17-43(2,3)13-15-47(24,42(58)59)16-14-45(23,46)5)44(22,4)11-10-25(21)60-41-38(33(54)31(52)27(19-49)62-41)65-40-36(57)34(55)37(28(20-50)63-40)64-39-35(56)32(53)30(51)26(18-48)61-39/h7,21-22,24-41,48-57H,8-20H2,1-6H3,(H,58,59)/t21-,22-,24-,25-,26+,27+,28+,29+,30+,31+,32-,33-,34+,35+,36+,37+,38+,39-,40-,41+,44-,45+,46+,47-/m0/s1. The van der Waals surface area contributed by atoms with Crippen LogP contribution in [0, 0.1) is 50.7 Å². The zero-order valence-corrected chi connectivity index (χ0v) is 38.6. The maximum Gasteiger partial charge on any atom is 0.310 e. The molecule has 18 nitrogen and oxygen atoms in total. The molecule has 0 aromatic rings. The summed E-state index contributed by atoms with van der Waals surface area (Å²) in [4.78, 5) is 13.1.